The molecular formula is C16H21N3O3. The van der Waals surface area contributed by atoms with E-state index in [0.717, 1.165) is 49.1 Å². The van der Waals surface area contributed by atoms with Crippen molar-refractivity contribution in [2.45, 2.75) is 45.1 Å². The van der Waals surface area contributed by atoms with Crippen molar-refractivity contribution in [2.75, 3.05) is 13.7 Å². The van der Waals surface area contributed by atoms with Gasteiger partial charge in [0.25, 0.3) is 5.91 Å². The first-order chi connectivity index (χ1) is 10.7. The highest BCUT2D eigenvalue weighted by molar-refractivity contribution is 5.96. The number of oxime groups is 1. The molecule has 0 fully saturated rings. The number of rotatable bonds is 5. The van der Waals surface area contributed by atoms with Gasteiger partial charge >= 0.3 is 0 Å². The molecule has 6 nitrogen and oxygen atoms in total. The summed E-state index contributed by atoms with van der Waals surface area (Å²) >= 11 is 0. The molecule has 6 heteroatoms. The summed E-state index contributed by atoms with van der Waals surface area (Å²) < 4.78 is 5.27. The summed E-state index contributed by atoms with van der Waals surface area (Å²) in [6.45, 7) is 2.48. The number of hydrogen-bond donors (Lipinski definition) is 1. The Labute approximate surface area is 129 Å². The summed E-state index contributed by atoms with van der Waals surface area (Å²) in [7, 11) is 1.54. The number of nitrogens with zero attached hydrogens (tertiary/aromatic N) is 2. The van der Waals surface area contributed by atoms with Crippen LogP contribution in [0.2, 0.25) is 0 Å². The lowest BCUT2D eigenvalue weighted by atomic mass is 10.1. The van der Waals surface area contributed by atoms with E-state index in [4.69, 9.17) is 9.57 Å². The fraction of sp³-hybridized carbons (Fsp3) is 0.562. The van der Waals surface area contributed by atoms with E-state index in [1.807, 2.05) is 13.0 Å². The maximum absolute atomic E-state index is 12.4. The van der Waals surface area contributed by atoms with Crippen LogP contribution in [0.1, 0.15) is 47.8 Å². The second kappa shape index (κ2) is 6.34. The molecule has 0 spiro atoms. The molecule has 0 unspecified atom stereocenters. The van der Waals surface area contributed by atoms with Gasteiger partial charge in [-0.25, -0.2) is 4.98 Å². The number of ether oxygens (including phenoxy) is 1. The van der Waals surface area contributed by atoms with E-state index in [1.54, 1.807) is 7.11 Å². The predicted molar refractivity (Wildman–Crippen MR) is 82.4 cm³/mol. The molecule has 0 bridgehead atoms. The third-order valence-electron chi connectivity index (χ3n) is 4.15. The van der Waals surface area contributed by atoms with Gasteiger partial charge in [-0.15, -0.1) is 0 Å². The van der Waals surface area contributed by atoms with E-state index in [1.165, 1.54) is 0 Å². The fourth-order valence-electron chi connectivity index (χ4n) is 2.88. The smallest absolute Gasteiger partial charge is 0.256 e. The molecule has 1 amide bonds. The van der Waals surface area contributed by atoms with Crippen LogP contribution < -0.4 is 10.1 Å². The van der Waals surface area contributed by atoms with Gasteiger partial charge in [-0.2, -0.15) is 0 Å². The van der Waals surface area contributed by atoms with Crippen LogP contribution in [0.3, 0.4) is 0 Å². The number of fused-ring (bicyclic) bond motifs is 1. The van der Waals surface area contributed by atoms with Crippen LogP contribution in [0.5, 0.6) is 5.88 Å². The first-order valence-electron chi connectivity index (χ1n) is 7.77. The highest BCUT2D eigenvalue weighted by atomic mass is 16.6. The fourth-order valence-corrected chi connectivity index (χ4v) is 2.88. The average molecular weight is 303 g/mol. The van der Waals surface area contributed by atoms with Gasteiger partial charge in [-0.05, 0) is 37.3 Å². The van der Waals surface area contributed by atoms with E-state index in [0.29, 0.717) is 18.0 Å². The maximum Gasteiger partial charge on any atom is 0.256 e. The zero-order valence-electron chi connectivity index (χ0n) is 13.0. The Morgan fingerprint density at radius 2 is 2.36 bits per heavy atom. The van der Waals surface area contributed by atoms with Gasteiger partial charge in [0.05, 0.1) is 19.4 Å². The van der Waals surface area contributed by atoms with E-state index < -0.39 is 0 Å². The van der Waals surface area contributed by atoms with Crippen LogP contribution in [-0.2, 0) is 17.7 Å². The Bertz CT molecular complexity index is 613. The van der Waals surface area contributed by atoms with Crippen molar-refractivity contribution >= 4 is 11.6 Å². The summed E-state index contributed by atoms with van der Waals surface area (Å²) in [4.78, 5) is 22.2. The van der Waals surface area contributed by atoms with Crippen LogP contribution in [0.25, 0.3) is 0 Å². The number of amides is 1. The predicted octanol–water partition coefficient (Wildman–Crippen LogP) is 1.86. The number of hydrogen-bond acceptors (Lipinski definition) is 5. The number of carbonyl (C=O) groups excluding carboxylic acids is 1. The largest absolute Gasteiger partial charge is 0.480 e. The molecular weight excluding hydrogens is 282 g/mol. The van der Waals surface area contributed by atoms with Crippen LogP contribution >= 0.6 is 0 Å². The van der Waals surface area contributed by atoms with E-state index >= 15 is 0 Å². The van der Waals surface area contributed by atoms with Crippen molar-refractivity contribution in [1.29, 1.82) is 0 Å². The van der Waals surface area contributed by atoms with Gasteiger partial charge in [0.2, 0.25) is 5.88 Å². The summed E-state index contributed by atoms with van der Waals surface area (Å²) in [5.41, 5.74) is 3.74. The van der Waals surface area contributed by atoms with Gasteiger partial charge in [0, 0.05) is 12.1 Å². The molecule has 0 aromatic carbocycles. The number of nitrogens with one attached hydrogen (secondary N) is 1. The molecule has 2 heterocycles. The Kier molecular flexibility index (Phi) is 4.27. The van der Waals surface area contributed by atoms with E-state index in [9.17, 15) is 4.79 Å². The Morgan fingerprint density at radius 1 is 1.50 bits per heavy atom. The van der Waals surface area contributed by atoms with Crippen LogP contribution in [0, 0.1) is 0 Å². The molecule has 1 aromatic rings. The zero-order chi connectivity index (χ0) is 15.5. The lowest BCUT2D eigenvalue weighted by Crippen LogP contribution is -2.32. The van der Waals surface area contributed by atoms with E-state index in [-0.39, 0.29) is 12.0 Å². The lowest BCUT2D eigenvalue weighted by Gasteiger charge is -2.13. The van der Waals surface area contributed by atoms with Gasteiger partial charge in [0.1, 0.15) is 11.7 Å². The van der Waals surface area contributed by atoms with Gasteiger partial charge in [-0.3, -0.25) is 4.79 Å². The topological polar surface area (TPSA) is 72.8 Å². The molecule has 0 saturated heterocycles. The minimum Gasteiger partial charge on any atom is -0.480 e. The van der Waals surface area contributed by atoms with Crippen molar-refractivity contribution in [2.24, 2.45) is 5.16 Å². The number of aryl methyl sites for hydroxylation is 2. The highest BCUT2D eigenvalue weighted by Crippen LogP contribution is 2.26. The molecule has 0 saturated carbocycles. The normalized spacial score (nSPS) is 19.4. The molecule has 1 N–H and O–H groups in total. The van der Waals surface area contributed by atoms with Crippen molar-refractivity contribution in [3.63, 3.8) is 0 Å². The summed E-state index contributed by atoms with van der Waals surface area (Å²) in [6.07, 6.45) is 4.60. The third kappa shape index (κ3) is 2.91. The van der Waals surface area contributed by atoms with E-state index in [2.05, 4.69) is 15.5 Å². The van der Waals surface area contributed by atoms with Crippen molar-refractivity contribution < 1.29 is 14.4 Å². The lowest BCUT2D eigenvalue weighted by molar-refractivity contribution is 0.0751. The molecule has 3 rings (SSSR count). The molecule has 1 atom stereocenters. The average Bonchev–Trinajstić information content (AvgIpc) is 3.19. The standard InChI is InChI=1S/C16H21N3O3/c1-3-11-8-12(22-19-11)9-17-15(20)13-7-10-5-4-6-14(10)18-16(13)21-2/h7,12H,3-6,8-9H2,1-2H3,(H,17,20)/t12-/m1/s1. The first-order valence-corrected chi connectivity index (χ1v) is 7.77. The Morgan fingerprint density at radius 3 is 3.09 bits per heavy atom. The highest BCUT2D eigenvalue weighted by Gasteiger charge is 2.24. The number of aromatic nitrogens is 1. The van der Waals surface area contributed by atoms with Crippen LogP contribution in [-0.4, -0.2) is 36.4 Å². The monoisotopic (exact) mass is 303 g/mol. The Balaban J connectivity index is 1.65. The van der Waals surface area contributed by atoms with Crippen molar-refractivity contribution in [3.05, 3.63) is 22.9 Å². The minimum absolute atomic E-state index is 0.0766. The van der Waals surface area contributed by atoms with Crippen LogP contribution in [0.15, 0.2) is 11.2 Å². The molecule has 1 aromatic heterocycles. The number of methoxy groups -OCH3 is 1. The summed E-state index contributed by atoms with van der Waals surface area (Å²) in [6, 6.07) is 1.91. The molecule has 118 valence electrons. The van der Waals surface area contributed by atoms with Crippen LogP contribution in [0.4, 0.5) is 0 Å². The number of pyridine rings is 1. The summed E-state index contributed by atoms with van der Waals surface area (Å²) in [5, 5.41) is 6.89. The molecule has 1 aliphatic carbocycles. The zero-order valence-corrected chi connectivity index (χ0v) is 13.0. The van der Waals surface area contributed by atoms with Gasteiger partial charge in [0.15, 0.2) is 0 Å². The molecule has 2 aliphatic rings. The number of carbonyl (C=O) groups is 1. The van der Waals surface area contributed by atoms with Crippen molar-refractivity contribution in [1.82, 2.24) is 10.3 Å². The maximum atomic E-state index is 12.4. The molecule has 22 heavy (non-hydrogen) atoms. The quantitative estimate of drug-likeness (QED) is 0.901. The SMILES string of the molecule is CCC1=NO[C@@H](CNC(=O)c2cc3c(nc2OC)CCC3)C1. The van der Waals surface area contributed by atoms with Crippen molar-refractivity contribution in [3.8, 4) is 5.88 Å². The first kappa shape index (κ1) is 14.8. The Hall–Kier alpha value is -2.11. The second-order valence-corrected chi connectivity index (χ2v) is 5.66. The van der Waals surface area contributed by atoms with Gasteiger partial charge in [-0.1, -0.05) is 12.1 Å². The third-order valence-corrected chi connectivity index (χ3v) is 4.15. The molecule has 0 radical (unpaired) electrons. The minimum atomic E-state index is -0.174. The molecule has 1 aliphatic heterocycles. The summed E-state index contributed by atoms with van der Waals surface area (Å²) in [5.74, 6) is 0.226. The second-order valence-electron chi connectivity index (χ2n) is 5.66. The van der Waals surface area contributed by atoms with Gasteiger partial charge < -0.3 is 14.9 Å².